The second-order valence-electron chi connectivity index (χ2n) is 6.52. The highest BCUT2D eigenvalue weighted by Gasteiger charge is 2.30. The Hall–Kier alpha value is -0.800. The molecule has 0 spiro atoms. The Balaban J connectivity index is 2.13. The summed E-state index contributed by atoms with van der Waals surface area (Å²) in [6, 6.07) is 5.25. The summed E-state index contributed by atoms with van der Waals surface area (Å²) in [6.07, 6.45) is 3.70. The molecule has 0 radical (unpaired) electrons. The Kier molecular flexibility index (Phi) is 5.88. The molecule has 21 heavy (non-hydrogen) atoms. The third-order valence-corrected chi connectivity index (χ3v) is 4.61. The van der Waals surface area contributed by atoms with Gasteiger partial charge in [0.15, 0.2) is 0 Å². The number of anilines is 1. The highest BCUT2D eigenvalue weighted by atomic mass is 35.5. The van der Waals surface area contributed by atoms with Gasteiger partial charge in [0.1, 0.15) is 5.82 Å². The van der Waals surface area contributed by atoms with Crippen molar-refractivity contribution in [2.45, 2.75) is 65.6 Å². The van der Waals surface area contributed by atoms with Crippen molar-refractivity contribution in [3.63, 3.8) is 0 Å². The molecule has 0 saturated carbocycles. The topological polar surface area (TPSA) is 28.2 Å². The summed E-state index contributed by atoms with van der Waals surface area (Å²) in [5.41, 5.74) is 0.962. The second-order valence-corrected chi connectivity index (χ2v) is 6.93. The number of nitrogens with one attached hydrogen (secondary N) is 1. The monoisotopic (exact) mass is 309 g/mol. The molecule has 4 heteroatoms. The Morgan fingerprint density at radius 3 is 2.81 bits per heavy atom. The number of nitrogens with zero attached hydrogens (tertiary/aromatic N) is 2. The Morgan fingerprint density at radius 2 is 2.14 bits per heavy atom. The van der Waals surface area contributed by atoms with Gasteiger partial charge in [0, 0.05) is 18.6 Å². The van der Waals surface area contributed by atoms with Gasteiger partial charge in [0.2, 0.25) is 0 Å². The first kappa shape index (κ1) is 16.6. The first-order valence-corrected chi connectivity index (χ1v) is 8.55. The summed E-state index contributed by atoms with van der Waals surface area (Å²) in [5, 5.41) is 4.19. The molecule has 2 unspecified atom stereocenters. The molecule has 1 aliphatic rings. The van der Waals surface area contributed by atoms with E-state index in [1.54, 1.807) is 0 Å². The highest BCUT2D eigenvalue weighted by Crippen LogP contribution is 2.31. The van der Waals surface area contributed by atoms with E-state index in [4.69, 9.17) is 16.6 Å². The van der Waals surface area contributed by atoms with Crippen LogP contribution in [0.4, 0.5) is 5.82 Å². The van der Waals surface area contributed by atoms with Gasteiger partial charge in [-0.3, -0.25) is 0 Å². The lowest BCUT2D eigenvalue weighted by atomic mass is 10.1. The van der Waals surface area contributed by atoms with Crippen LogP contribution in [0.2, 0.25) is 5.02 Å². The maximum absolute atomic E-state index is 6.30. The van der Waals surface area contributed by atoms with Crippen molar-refractivity contribution in [3.05, 3.63) is 22.8 Å². The van der Waals surface area contributed by atoms with E-state index in [0.29, 0.717) is 18.0 Å². The molecule has 0 bridgehead atoms. The van der Waals surface area contributed by atoms with Crippen molar-refractivity contribution in [2.75, 3.05) is 11.4 Å². The minimum Gasteiger partial charge on any atom is -0.351 e. The van der Waals surface area contributed by atoms with E-state index in [1.807, 2.05) is 6.07 Å². The predicted molar refractivity (Wildman–Crippen MR) is 91.0 cm³/mol. The number of rotatable bonds is 6. The fraction of sp³-hybridized carbons (Fsp3) is 0.706. The summed E-state index contributed by atoms with van der Waals surface area (Å²) in [6.45, 7) is 10.7. The molecular formula is C17H28ClN3. The molecule has 3 nitrogen and oxygen atoms in total. The Bertz CT molecular complexity index is 461. The first-order valence-electron chi connectivity index (χ1n) is 8.17. The largest absolute Gasteiger partial charge is 0.351 e. The zero-order valence-corrected chi connectivity index (χ0v) is 14.5. The molecule has 2 heterocycles. The van der Waals surface area contributed by atoms with Gasteiger partial charge in [0.05, 0.1) is 10.7 Å². The summed E-state index contributed by atoms with van der Waals surface area (Å²) in [4.78, 5) is 7.31. The lowest BCUT2D eigenvalue weighted by molar-refractivity contribution is 0.547. The number of halogens is 1. The molecule has 0 aromatic carbocycles. The predicted octanol–water partition coefficient (Wildman–Crippen LogP) is 4.25. The van der Waals surface area contributed by atoms with E-state index in [0.717, 1.165) is 29.6 Å². The molecule has 2 atom stereocenters. The van der Waals surface area contributed by atoms with Gasteiger partial charge in [-0.25, -0.2) is 4.98 Å². The smallest absolute Gasteiger partial charge is 0.129 e. The lowest BCUT2D eigenvalue weighted by Crippen LogP contribution is -2.35. The molecule has 0 aliphatic carbocycles. The molecule has 1 N–H and O–H groups in total. The summed E-state index contributed by atoms with van der Waals surface area (Å²) in [7, 11) is 0. The van der Waals surface area contributed by atoms with Gasteiger partial charge in [0.25, 0.3) is 0 Å². The lowest BCUT2D eigenvalue weighted by Gasteiger charge is -2.29. The van der Waals surface area contributed by atoms with E-state index in [9.17, 15) is 0 Å². The fourth-order valence-corrected chi connectivity index (χ4v) is 3.28. The van der Waals surface area contributed by atoms with Crippen LogP contribution in [-0.4, -0.2) is 23.6 Å². The van der Waals surface area contributed by atoms with E-state index < -0.39 is 0 Å². The molecular weight excluding hydrogens is 282 g/mol. The van der Waals surface area contributed by atoms with Gasteiger partial charge in [-0.2, -0.15) is 0 Å². The molecule has 1 aliphatic heterocycles. The molecule has 118 valence electrons. The third-order valence-electron chi connectivity index (χ3n) is 4.27. The molecule has 1 saturated heterocycles. The van der Waals surface area contributed by atoms with Crippen molar-refractivity contribution >= 4 is 17.4 Å². The molecule has 1 aromatic heterocycles. The van der Waals surface area contributed by atoms with Crippen molar-refractivity contribution in [2.24, 2.45) is 5.92 Å². The SMILES string of the molecule is CCC1CCC(C)N1c1ccc(Cl)c(CNCC(C)C)n1. The van der Waals surface area contributed by atoms with Crippen LogP contribution in [0.3, 0.4) is 0 Å². The highest BCUT2D eigenvalue weighted by molar-refractivity contribution is 6.31. The summed E-state index contributed by atoms with van der Waals surface area (Å²) in [5.74, 6) is 1.72. The Labute approximate surface area is 134 Å². The molecule has 1 aromatic rings. The Morgan fingerprint density at radius 1 is 1.38 bits per heavy atom. The van der Waals surface area contributed by atoms with E-state index in [2.05, 4.69) is 44.0 Å². The van der Waals surface area contributed by atoms with Gasteiger partial charge < -0.3 is 10.2 Å². The number of hydrogen-bond acceptors (Lipinski definition) is 3. The molecule has 2 rings (SSSR count). The van der Waals surface area contributed by atoms with Crippen LogP contribution in [-0.2, 0) is 6.54 Å². The van der Waals surface area contributed by atoms with Crippen LogP contribution in [0.1, 0.15) is 52.7 Å². The normalized spacial score (nSPS) is 22.3. The average Bonchev–Trinajstić information content (AvgIpc) is 2.81. The zero-order valence-electron chi connectivity index (χ0n) is 13.7. The minimum atomic E-state index is 0.570. The van der Waals surface area contributed by atoms with Crippen LogP contribution in [0, 0.1) is 5.92 Å². The summed E-state index contributed by atoms with van der Waals surface area (Å²) < 4.78 is 0. The summed E-state index contributed by atoms with van der Waals surface area (Å²) >= 11 is 6.30. The average molecular weight is 310 g/mol. The van der Waals surface area contributed by atoms with Crippen LogP contribution in [0.25, 0.3) is 0 Å². The quantitative estimate of drug-likeness (QED) is 0.851. The number of aromatic nitrogens is 1. The van der Waals surface area contributed by atoms with Crippen molar-refractivity contribution < 1.29 is 0 Å². The van der Waals surface area contributed by atoms with E-state index in [1.165, 1.54) is 19.3 Å². The van der Waals surface area contributed by atoms with Gasteiger partial charge in [-0.15, -0.1) is 0 Å². The van der Waals surface area contributed by atoms with Crippen LogP contribution >= 0.6 is 11.6 Å². The van der Waals surface area contributed by atoms with Gasteiger partial charge in [-0.1, -0.05) is 32.4 Å². The maximum Gasteiger partial charge on any atom is 0.129 e. The van der Waals surface area contributed by atoms with Crippen molar-refractivity contribution in [1.29, 1.82) is 0 Å². The van der Waals surface area contributed by atoms with Crippen LogP contribution in [0.5, 0.6) is 0 Å². The third kappa shape index (κ3) is 4.10. The first-order chi connectivity index (χ1) is 10.0. The van der Waals surface area contributed by atoms with E-state index >= 15 is 0 Å². The second kappa shape index (κ2) is 7.46. The van der Waals surface area contributed by atoms with Crippen LogP contribution < -0.4 is 10.2 Å². The van der Waals surface area contributed by atoms with E-state index in [-0.39, 0.29) is 0 Å². The molecule has 1 fully saturated rings. The minimum absolute atomic E-state index is 0.570. The van der Waals surface area contributed by atoms with Gasteiger partial charge >= 0.3 is 0 Å². The fourth-order valence-electron chi connectivity index (χ4n) is 3.11. The molecule has 0 amide bonds. The van der Waals surface area contributed by atoms with Crippen LogP contribution in [0.15, 0.2) is 12.1 Å². The van der Waals surface area contributed by atoms with Crippen molar-refractivity contribution in [3.8, 4) is 0 Å². The maximum atomic E-state index is 6.30. The number of pyridine rings is 1. The van der Waals surface area contributed by atoms with Gasteiger partial charge in [-0.05, 0) is 50.8 Å². The zero-order chi connectivity index (χ0) is 15.4. The van der Waals surface area contributed by atoms with Crippen molar-refractivity contribution in [1.82, 2.24) is 10.3 Å². The number of hydrogen-bond donors (Lipinski definition) is 1. The standard InChI is InChI=1S/C17H28ClN3/c1-5-14-7-6-13(4)21(14)17-9-8-15(18)16(20-17)11-19-10-12(2)3/h8-9,12-14,19H,5-7,10-11H2,1-4H3.